The topological polar surface area (TPSA) is 95.0 Å². The molecule has 1 aromatic carbocycles. The minimum atomic E-state index is -0.861. The molecule has 0 aliphatic carbocycles. The van der Waals surface area contributed by atoms with E-state index in [9.17, 15) is 14.4 Å². The first-order valence-corrected chi connectivity index (χ1v) is 6.68. The van der Waals surface area contributed by atoms with E-state index in [1.807, 2.05) is 13.0 Å². The Bertz CT molecular complexity index is 765. The van der Waals surface area contributed by atoms with Crippen molar-refractivity contribution in [3.63, 3.8) is 0 Å². The first-order valence-electron chi connectivity index (χ1n) is 6.68. The molecule has 0 fully saturated rings. The number of rotatable bonds is 5. The minimum Gasteiger partial charge on any atom is -0.368 e. The number of aryl methyl sites for hydroxylation is 2. The smallest absolute Gasteiger partial charge is 0.262 e. The first kappa shape index (κ1) is 14.9. The van der Waals surface area contributed by atoms with Crippen LogP contribution in [0.2, 0.25) is 0 Å². The van der Waals surface area contributed by atoms with Crippen molar-refractivity contribution >= 4 is 23.1 Å². The number of aromatic nitrogens is 2. The normalized spacial score (nSPS) is 12.3. The van der Waals surface area contributed by atoms with Crippen molar-refractivity contribution in [2.24, 2.45) is 5.73 Å². The fourth-order valence-electron chi connectivity index (χ4n) is 2.46. The van der Waals surface area contributed by atoms with Crippen LogP contribution in [0.5, 0.6) is 0 Å². The third kappa shape index (κ3) is 2.69. The van der Waals surface area contributed by atoms with Gasteiger partial charge in [-0.15, -0.1) is 0 Å². The fourth-order valence-corrected chi connectivity index (χ4v) is 2.46. The summed E-state index contributed by atoms with van der Waals surface area (Å²) in [5.74, 6) is -0.229. The lowest BCUT2D eigenvalue weighted by molar-refractivity contribution is -0.121. The molecule has 6 nitrogen and oxygen atoms in total. The molecule has 110 valence electrons. The molecule has 0 aliphatic heterocycles. The second-order valence-electron chi connectivity index (χ2n) is 4.97. The van der Waals surface area contributed by atoms with Crippen molar-refractivity contribution in [3.05, 3.63) is 39.9 Å². The maximum atomic E-state index is 12.6. The molecule has 0 saturated heterocycles. The van der Waals surface area contributed by atoms with E-state index in [0.717, 1.165) is 5.56 Å². The van der Waals surface area contributed by atoms with Gasteiger partial charge in [0.2, 0.25) is 5.91 Å². The van der Waals surface area contributed by atoms with Crippen LogP contribution in [-0.4, -0.2) is 21.7 Å². The largest absolute Gasteiger partial charge is 0.368 e. The summed E-state index contributed by atoms with van der Waals surface area (Å²) < 4.78 is 1.29. The molecule has 0 spiro atoms. The average Bonchev–Trinajstić information content (AvgIpc) is 2.43. The zero-order valence-corrected chi connectivity index (χ0v) is 12.0. The third-order valence-electron chi connectivity index (χ3n) is 3.51. The minimum absolute atomic E-state index is 0.158. The Labute approximate surface area is 121 Å². The fraction of sp³-hybridized carbons (Fsp3) is 0.333. The summed E-state index contributed by atoms with van der Waals surface area (Å²) in [6, 6.07) is 4.45. The van der Waals surface area contributed by atoms with E-state index in [2.05, 4.69) is 4.98 Å². The van der Waals surface area contributed by atoms with E-state index >= 15 is 0 Å². The van der Waals surface area contributed by atoms with Gasteiger partial charge in [0.05, 0.1) is 10.9 Å². The number of nitrogens with zero attached hydrogens (tertiary/aromatic N) is 2. The number of amides is 1. The predicted molar refractivity (Wildman–Crippen MR) is 79.0 cm³/mol. The van der Waals surface area contributed by atoms with Crippen molar-refractivity contribution in [1.82, 2.24) is 9.55 Å². The summed E-state index contributed by atoms with van der Waals surface area (Å²) in [5, 5.41) is 0.443. The highest BCUT2D eigenvalue weighted by Crippen LogP contribution is 2.17. The van der Waals surface area contributed by atoms with E-state index in [1.165, 1.54) is 4.57 Å². The van der Waals surface area contributed by atoms with Gasteiger partial charge in [-0.25, -0.2) is 4.98 Å². The van der Waals surface area contributed by atoms with Gasteiger partial charge in [-0.05, 0) is 31.9 Å². The Morgan fingerprint density at radius 1 is 1.43 bits per heavy atom. The Morgan fingerprint density at radius 2 is 2.14 bits per heavy atom. The molecule has 1 unspecified atom stereocenters. The summed E-state index contributed by atoms with van der Waals surface area (Å²) in [5.41, 5.74) is 6.58. The summed E-state index contributed by atoms with van der Waals surface area (Å²) in [7, 11) is 0. The molecule has 0 bridgehead atoms. The van der Waals surface area contributed by atoms with Gasteiger partial charge < -0.3 is 10.5 Å². The lowest BCUT2D eigenvalue weighted by Gasteiger charge is -2.18. The third-order valence-corrected chi connectivity index (χ3v) is 3.51. The molecule has 1 atom stereocenters. The van der Waals surface area contributed by atoms with Crippen LogP contribution in [0.25, 0.3) is 10.9 Å². The number of hydrogen-bond acceptors (Lipinski definition) is 4. The molecule has 0 radical (unpaired) electrons. The summed E-state index contributed by atoms with van der Waals surface area (Å²) in [6.45, 7) is 3.53. The lowest BCUT2D eigenvalue weighted by Crippen LogP contribution is -2.36. The number of benzene rings is 1. The molecule has 21 heavy (non-hydrogen) atoms. The van der Waals surface area contributed by atoms with E-state index in [4.69, 9.17) is 5.73 Å². The Balaban J connectivity index is 2.71. The van der Waals surface area contributed by atoms with Gasteiger partial charge in [0.15, 0.2) is 0 Å². The maximum absolute atomic E-state index is 12.6. The predicted octanol–water partition coefficient (Wildman–Crippen LogP) is 1.02. The van der Waals surface area contributed by atoms with Crippen LogP contribution in [0, 0.1) is 13.8 Å². The average molecular weight is 287 g/mol. The Kier molecular flexibility index (Phi) is 4.16. The van der Waals surface area contributed by atoms with Gasteiger partial charge in [-0.3, -0.25) is 14.2 Å². The highest BCUT2D eigenvalue weighted by atomic mass is 16.2. The number of para-hydroxylation sites is 1. The number of carbonyl (C=O) groups excluding carboxylic acids is 2. The van der Waals surface area contributed by atoms with E-state index in [-0.39, 0.29) is 18.4 Å². The highest BCUT2D eigenvalue weighted by Gasteiger charge is 2.22. The summed E-state index contributed by atoms with van der Waals surface area (Å²) >= 11 is 0. The van der Waals surface area contributed by atoms with Crippen molar-refractivity contribution < 1.29 is 9.59 Å². The molecule has 0 saturated carbocycles. The molecule has 2 N–H and O–H groups in total. The van der Waals surface area contributed by atoms with Crippen LogP contribution in [0.3, 0.4) is 0 Å². The molecule has 0 aliphatic rings. The van der Waals surface area contributed by atoms with Gasteiger partial charge in [0, 0.05) is 6.42 Å². The Hall–Kier alpha value is -2.50. The number of fused-ring (bicyclic) bond motifs is 1. The molecule has 6 heteroatoms. The maximum Gasteiger partial charge on any atom is 0.262 e. The zero-order chi connectivity index (χ0) is 15.6. The van der Waals surface area contributed by atoms with Crippen molar-refractivity contribution in [3.8, 4) is 0 Å². The zero-order valence-electron chi connectivity index (χ0n) is 12.0. The molecule has 1 amide bonds. The molecule has 2 rings (SSSR count). The second-order valence-corrected chi connectivity index (χ2v) is 4.97. The van der Waals surface area contributed by atoms with Crippen molar-refractivity contribution in [1.29, 1.82) is 0 Å². The van der Waals surface area contributed by atoms with E-state index < -0.39 is 11.9 Å². The standard InChI is InChI=1S/C15H17N3O3/c1-9-5-3-6-11-13(9)17-10(2)18(15(11)21)12(14(16)20)7-4-8-19/h3,5-6,8,12H,4,7H2,1-2H3,(H2,16,20). The van der Waals surface area contributed by atoms with Gasteiger partial charge in [0.25, 0.3) is 5.56 Å². The van der Waals surface area contributed by atoms with Crippen molar-refractivity contribution in [2.45, 2.75) is 32.7 Å². The Morgan fingerprint density at radius 3 is 2.76 bits per heavy atom. The molecular formula is C15H17N3O3. The van der Waals surface area contributed by atoms with Crippen LogP contribution < -0.4 is 11.3 Å². The SMILES string of the molecule is Cc1cccc2c(=O)n(C(CCC=O)C(N)=O)c(C)nc12. The van der Waals surface area contributed by atoms with Gasteiger partial charge in [0.1, 0.15) is 18.2 Å². The monoisotopic (exact) mass is 287 g/mol. The van der Waals surface area contributed by atoms with Crippen LogP contribution >= 0.6 is 0 Å². The quantitative estimate of drug-likeness (QED) is 0.830. The number of nitrogens with two attached hydrogens (primary N) is 1. The lowest BCUT2D eigenvalue weighted by atomic mass is 10.1. The van der Waals surface area contributed by atoms with E-state index in [0.29, 0.717) is 23.0 Å². The summed E-state index contributed by atoms with van der Waals surface area (Å²) in [6.07, 6.45) is 1.05. The van der Waals surface area contributed by atoms with Crippen LogP contribution in [0.4, 0.5) is 0 Å². The van der Waals surface area contributed by atoms with Crippen LogP contribution in [-0.2, 0) is 9.59 Å². The number of primary amides is 1. The first-order chi connectivity index (χ1) is 9.97. The molecule has 2 aromatic rings. The number of carbonyl (C=O) groups is 2. The number of hydrogen-bond donors (Lipinski definition) is 1. The molecular weight excluding hydrogens is 270 g/mol. The van der Waals surface area contributed by atoms with Crippen LogP contribution in [0.15, 0.2) is 23.0 Å². The second kappa shape index (κ2) is 5.87. The van der Waals surface area contributed by atoms with Crippen molar-refractivity contribution in [2.75, 3.05) is 0 Å². The highest BCUT2D eigenvalue weighted by molar-refractivity contribution is 5.82. The number of aldehydes is 1. The molecule has 1 aromatic heterocycles. The van der Waals surface area contributed by atoms with Gasteiger partial charge in [-0.1, -0.05) is 12.1 Å². The molecule has 1 heterocycles. The van der Waals surface area contributed by atoms with Gasteiger partial charge >= 0.3 is 0 Å². The summed E-state index contributed by atoms with van der Waals surface area (Å²) in [4.78, 5) is 39.2. The van der Waals surface area contributed by atoms with Gasteiger partial charge in [-0.2, -0.15) is 0 Å². The van der Waals surface area contributed by atoms with Crippen LogP contribution in [0.1, 0.15) is 30.3 Å². The van der Waals surface area contributed by atoms with E-state index in [1.54, 1.807) is 19.1 Å².